The lowest BCUT2D eigenvalue weighted by molar-refractivity contribution is 0.142. The molecule has 0 aliphatic carbocycles. The highest BCUT2D eigenvalue weighted by atomic mass is 19.1. The summed E-state index contributed by atoms with van der Waals surface area (Å²) >= 11 is 0. The largest absolute Gasteiger partial charge is 0.322 e. The minimum Gasteiger partial charge on any atom is -0.322 e. The van der Waals surface area contributed by atoms with Gasteiger partial charge in [0.15, 0.2) is 0 Å². The molecule has 0 saturated carbocycles. The fourth-order valence-electron chi connectivity index (χ4n) is 3.21. The molecule has 0 radical (unpaired) electrons. The first-order valence-corrected chi connectivity index (χ1v) is 8.76. The minimum absolute atomic E-state index is 0.408. The average molecular weight is 371 g/mol. The van der Waals surface area contributed by atoms with Crippen molar-refractivity contribution < 1.29 is 13.6 Å². The second-order valence-electron chi connectivity index (χ2n) is 6.50. The molecule has 4 rings (SSSR count). The standard InChI is InChI=1S/C19H19F2N5O/c20-16-5-3-6-17(21)18(16)22-19(27)25-10-8-24(9-11-25)13-14-12-15-4-1-2-7-26(15)23-14/h1-7,12H,8-11,13H2,(H,22,27). The molecule has 6 nitrogen and oxygen atoms in total. The molecule has 3 aromatic rings. The number of fused-ring (bicyclic) bond motifs is 1. The maximum atomic E-state index is 13.7. The van der Waals surface area contributed by atoms with Gasteiger partial charge < -0.3 is 10.2 Å². The molecule has 1 aliphatic heterocycles. The molecular weight excluding hydrogens is 352 g/mol. The van der Waals surface area contributed by atoms with Crippen LogP contribution in [0, 0.1) is 11.6 Å². The van der Waals surface area contributed by atoms with Gasteiger partial charge in [0.1, 0.15) is 17.3 Å². The Morgan fingerprint density at radius 1 is 1.04 bits per heavy atom. The summed E-state index contributed by atoms with van der Waals surface area (Å²) in [6.45, 7) is 2.99. The summed E-state index contributed by atoms with van der Waals surface area (Å²) in [7, 11) is 0. The zero-order chi connectivity index (χ0) is 18.8. The summed E-state index contributed by atoms with van der Waals surface area (Å²) in [5.74, 6) is -1.57. The fraction of sp³-hybridized carbons (Fsp3) is 0.263. The second kappa shape index (κ2) is 7.32. The lowest BCUT2D eigenvalue weighted by Crippen LogP contribution is -2.49. The van der Waals surface area contributed by atoms with Gasteiger partial charge in [0.05, 0.1) is 11.2 Å². The molecule has 1 fully saturated rings. The van der Waals surface area contributed by atoms with Crippen LogP contribution in [-0.2, 0) is 6.54 Å². The topological polar surface area (TPSA) is 52.9 Å². The Kier molecular flexibility index (Phi) is 4.72. The van der Waals surface area contributed by atoms with Gasteiger partial charge in [-0.25, -0.2) is 18.1 Å². The lowest BCUT2D eigenvalue weighted by Gasteiger charge is -2.34. The molecule has 27 heavy (non-hydrogen) atoms. The molecule has 1 aromatic carbocycles. The van der Waals surface area contributed by atoms with Crippen LogP contribution in [0.25, 0.3) is 5.52 Å². The van der Waals surface area contributed by atoms with Crippen molar-refractivity contribution in [2.75, 3.05) is 31.5 Å². The summed E-state index contributed by atoms with van der Waals surface area (Å²) in [6.07, 6.45) is 1.91. The number of amides is 2. The van der Waals surface area contributed by atoms with E-state index in [1.807, 2.05) is 35.0 Å². The van der Waals surface area contributed by atoms with Crippen molar-refractivity contribution in [3.63, 3.8) is 0 Å². The number of nitrogens with one attached hydrogen (secondary N) is 1. The van der Waals surface area contributed by atoms with Gasteiger partial charge in [-0.3, -0.25) is 4.90 Å². The summed E-state index contributed by atoms with van der Waals surface area (Å²) < 4.78 is 29.2. The van der Waals surface area contributed by atoms with Gasteiger partial charge >= 0.3 is 6.03 Å². The van der Waals surface area contributed by atoms with Crippen molar-refractivity contribution >= 4 is 17.2 Å². The van der Waals surface area contributed by atoms with E-state index in [4.69, 9.17) is 0 Å². The van der Waals surface area contributed by atoms with Gasteiger partial charge in [-0.05, 0) is 30.3 Å². The molecule has 2 amide bonds. The van der Waals surface area contributed by atoms with E-state index >= 15 is 0 Å². The van der Waals surface area contributed by atoms with Gasteiger partial charge in [0.2, 0.25) is 0 Å². The van der Waals surface area contributed by atoms with Crippen molar-refractivity contribution in [3.8, 4) is 0 Å². The van der Waals surface area contributed by atoms with Gasteiger partial charge in [-0.15, -0.1) is 0 Å². The van der Waals surface area contributed by atoms with E-state index in [0.717, 1.165) is 23.3 Å². The lowest BCUT2D eigenvalue weighted by atomic mass is 10.2. The van der Waals surface area contributed by atoms with Crippen LogP contribution >= 0.6 is 0 Å². The quantitative estimate of drug-likeness (QED) is 0.770. The Hall–Kier alpha value is -3.00. The number of urea groups is 1. The minimum atomic E-state index is -0.783. The Balaban J connectivity index is 1.33. The maximum Gasteiger partial charge on any atom is 0.322 e. The SMILES string of the molecule is O=C(Nc1c(F)cccc1F)N1CCN(Cc2cc3ccccn3n2)CC1. The van der Waals surface area contributed by atoms with Crippen LogP contribution in [0.2, 0.25) is 0 Å². The van der Waals surface area contributed by atoms with Crippen LogP contribution in [0.4, 0.5) is 19.3 Å². The zero-order valence-corrected chi connectivity index (χ0v) is 14.6. The molecule has 0 bridgehead atoms. The predicted octanol–water partition coefficient (Wildman–Crippen LogP) is 2.96. The number of pyridine rings is 1. The van der Waals surface area contributed by atoms with Crippen LogP contribution in [-0.4, -0.2) is 51.6 Å². The monoisotopic (exact) mass is 371 g/mol. The summed E-state index contributed by atoms with van der Waals surface area (Å²) in [6, 6.07) is 10.9. The molecule has 0 unspecified atom stereocenters. The van der Waals surface area contributed by atoms with Crippen LogP contribution in [0.15, 0.2) is 48.7 Å². The molecule has 1 aliphatic rings. The smallest absolute Gasteiger partial charge is 0.322 e. The average Bonchev–Trinajstić information content (AvgIpc) is 3.07. The molecule has 2 aromatic heterocycles. The molecule has 3 heterocycles. The van der Waals surface area contributed by atoms with E-state index in [-0.39, 0.29) is 0 Å². The first kappa shape index (κ1) is 17.4. The number of carbonyl (C=O) groups is 1. The van der Waals surface area contributed by atoms with Gasteiger partial charge in [0, 0.05) is 38.9 Å². The Bertz CT molecular complexity index is 912. The van der Waals surface area contributed by atoms with E-state index in [2.05, 4.69) is 15.3 Å². The predicted molar refractivity (Wildman–Crippen MR) is 97.4 cm³/mol. The number of rotatable bonds is 3. The number of piperazine rings is 1. The Morgan fingerprint density at radius 2 is 1.78 bits per heavy atom. The van der Waals surface area contributed by atoms with Crippen molar-refractivity contribution in [2.24, 2.45) is 0 Å². The fourth-order valence-corrected chi connectivity index (χ4v) is 3.21. The van der Waals surface area contributed by atoms with Crippen molar-refractivity contribution in [1.29, 1.82) is 0 Å². The molecule has 1 saturated heterocycles. The van der Waals surface area contributed by atoms with Gasteiger partial charge in [-0.2, -0.15) is 5.10 Å². The molecule has 0 spiro atoms. The second-order valence-corrected chi connectivity index (χ2v) is 6.50. The number of hydrogen-bond donors (Lipinski definition) is 1. The molecule has 0 atom stereocenters. The van der Waals surface area contributed by atoms with Crippen molar-refractivity contribution in [1.82, 2.24) is 19.4 Å². The van der Waals surface area contributed by atoms with Crippen LogP contribution in [0.3, 0.4) is 0 Å². The van der Waals surface area contributed by atoms with E-state index in [1.165, 1.54) is 6.07 Å². The first-order chi connectivity index (χ1) is 13.1. The van der Waals surface area contributed by atoms with Crippen LogP contribution in [0.5, 0.6) is 0 Å². The number of para-hydroxylation sites is 1. The van der Waals surface area contributed by atoms with E-state index in [0.29, 0.717) is 32.7 Å². The zero-order valence-electron chi connectivity index (χ0n) is 14.6. The number of hydrogen-bond acceptors (Lipinski definition) is 3. The molecule has 8 heteroatoms. The van der Waals surface area contributed by atoms with Crippen LogP contribution in [0.1, 0.15) is 5.69 Å². The molecule has 1 N–H and O–H groups in total. The number of nitrogens with zero attached hydrogens (tertiary/aromatic N) is 4. The Morgan fingerprint density at radius 3 is 2.48 bits per heavy atom. The number of anilines is 1. The van der Waals surface area contributed by atoms with Crippen LogP contribution < -0.4 is 5.32 Å². The summed E-state index contributed by atoms with van der Waals surface area (Å²) in [5, 5.41) is 6.87. The van der Waals surface area contributed by atoms with Gasteiger partial charge in [-0.1, -0.05) is 12.1 Å². The molecule has 140 valence electrons. The number of benzene rings is 1. The highest BCUT2D eigenvalue weighted by Crippen LogP contribution is 2.19. The Labute approximate surface area is 155 Å². The number of aromatic nitrogens is 2. The van der Waals surface area contributed by atoms with E-state index in [9.17, 15) is 13.6 Å². The van der Waals surface area contributed by atoms with Gasteiger partial charge in [0.25, 0.3) is 0 Å². The molecular formula is C19H19F2N5O. The summed E-state index contributed by atoms with van der Waals surface area (Å²) in [4.78, 5) is 16.1. The normalized spacial score (nSPS) is 15.3. The summed E-state index contributed by atoms with van der Waals surface area (Å²) in [5.41, 5.74) is 1.60. The third kappa shape index (κ3) is 3.75. The van der Waals surface area contributed by atoms with E-state index < -0.39 is 23.4 Å². The third-order valence-electron chi connectivity index (χ3n) is 4.66. The first-order valence-electron chi connectivity index (χ1n) is 8.76. The maximum absolute atomic E-state index is 13.7. The highest BCUT2D eigenvalue weighted by Gasteiger charge is 2.23. The van der Waals surface area contributed by atoms with Crippen molar-refractivity contribution in [2.45, 2.75) is 6.54 Å². The van der Waals surface area contributed by atoms with Crippen molar-refractivity contribution in [3.05, 3.63) is 66.0 Å². The number of carbonyl (C=O) groups excluding carboxylic acids is 1. The number of halogens is 2. The highest BCUT2D eigenvalue weighted by molar-refractivity contribution is 5.89. The third-order valence-corrected chi connectivity index (χ3v) is 4.66. The van der Waals surface area contributed by atoms with E-state index in [1.54, 1.807) is 4.90 Å².